The van der Waals surface area contributed by atoms with Crippen LogP contribution in [0.3, 0.4) is 0 Å². The van der Waals surface area contributed by atoms with Crippen molar-refractivity contribution in [1.82, 2.24) is 9.80 Å². The third kappa shape index (κ3) is 7.65. The van der Waals surface area contributed by atoms with Gasteiger partial charge >= 0.3 is 5.97 Å². The Morgan fingerprint density at radius 1 is 1.06 bits per heavy atom. The average Bonchev–Trinajstić information content (AvgIpc) is 2.79. The van der Waals surface area contributed by atoms with Gasteiger partial charge in [0.05, 0.1) is 13.0 Å². The summed E-state index contributed by atoms with van der Waals surface area (Å²) >= 11 is 0. The van der Waals surface area contributed by atoms with Crippen LogP contribution in [0.4, 0.5) is 0 Å². The van der Waals surface area contributed by atoms with Gasteiger partial charge in [-0.1, -0.05) is 42.5 Å². The molecule has 1 aliphatic rings. The number of carbonyl (C=O) groups excluding carboxylic acids is 1. The van der Waals surface area contributed by atoms with Gasteiger partial charge in [-0.2, -0.15) is 0 Å². The second kappa shape index (κ2) is 11.8. The van der Waals surface area contributed by atoms with Crippen LogP contribution < -0.4 is 4.74 Å². The van der Waals surface area contributed by atoms with Crippen LogP contribution in [0.1, 0.15) is 24.0 Å². The summed E-state index contributed by atoms with van der Waals surface area (Å²) in [6, 6.07) is 18.5. The fraction of sp³-hybridized carbons (Fsp3) is 0.480. The van der Waals surface area contributed by atoms with Gasteiger partial charge in [-0.25, -0.2) is 0 Å². The molecule has 0 aromatic heterocycles. The smallest absolute Gasteiger partial charge is 0.308 e. The molecule has 2 aromatic carbocycles. The molecule has 3 rings (SSSR count). The van der Waals surface area contributed by atoms with Gasteiger partial charge in [-0.15, -0.1) is 0 Å². The lowest BCUT2D eigenvalue weighted by atomic mass is 9.97. The van der Waals surface area contributed by atoms with Crippen LogP contribution >= 0.6 is 0 Å². The van der Waals surface area contributed by atoms with Crippen LogP contribution in [-0.4, -0.2) is 67.4 Å². The summed E-state index contributed by atoms with van der Waals surface area (Å²) < 4.78 is 10.6. The zero-order chi connectivity index (χ0) is 22.1. The van der Waals surface area contributed by atoms with Crippen LogP contribution in [0.15, 0.2) is 54.6 Å². The van der Waals surface area contributed by atoms with Gasteiger partial charge in [-0.3, -0.25) is 9.69 Å². The molecule has 0 radical (unpaired) electrons. The maximum Gasteiger partial charge on any atom is 0.308 e. The number of piperidine rings is 1. The van der Waals surface area contributed by atoms with E-state index < -0.39 is 6.10 Å². The molecule has 1 N–H and O–H groups in total. The first kappa shape index (κ1) is 23.3. The molecular formula is C25H34N2O4. The zero-order valence-electron chi connectivity index (χ0n) is 18.6. The highest BCUT2D eigenvalue weighted by atomic mass is 16.5. The Labute approximate surface area is 185 Å². The third-order valence-electron chi connectivity index (χ3n) is 5.70. The van der Waals surface area contributed by atoms with E-state index in [-0.39, 0.29) is 18.5 Å². The average molecular weight is 427 g/mol. The highest BCUT2D eigenvalue weighted by Crippen LogP contribution is 2.19. The molecule has 0 bridgehead atoms. The standard InChI is InChI=1S/C25H34N2O4/c1-26(16-20-6-4-3-5-7-20)17-21-8-10-24(11-9-21)31-19-23(28)18-27-14-12-22(13-15-27)25(29)30-2/h3-11,22-23,28H,12-19H2,1-2H3/t23-/m1/s1. The highest BCUT2D eigenvalue weighted by molar-refractivity contribution is 5.72. The Morgan fingerprint density at radius 3 is 2.29 bits per heavy atom. The summed E-state index contributed by atoms with van der Waals surface area (Å²) in [4.78, 5) is 16.1. The minimum absolute atomic E-state index is 0.0140. The number of esters is 1. The lowest BCUT2D eigenvalue weighted by molar-refractivity contribution is -0.147. The number of methoxy groups -OCH3 is 1. The molecule has 6 heteroatoms. The second-order valence-corrected chi connectivity index (χ2v) is 8.36. The van der Waals surface area contributed by atoms with Crippen molar-refractivity contribution in [2.24, 2.45) is 5.92 Å². The number of aliphatic hydroxyl groups excluding tert-OH is 1. The highest BCUT2D eigenvalue weighted by Gasteiger charge is 2.26. The SMILES string of the molecule is COC(=O)C1CCN(C[C@@H](O)COc2ccc(CN(C)Cc3ccccc3)cc2)CC1. The first-order valence-electron chi connectivity index (χ1n) is 11.0. The number of ether oxygens (including phenoxy) is 2. The topological polar surface area (TPSA) is 62.2 Å². The molecule has 0 unspecified atom stereocenters. The molecule has 1 fully saturated rings. The molecule has 1 saturated heterocycles. The molecule has 1 aliphatic heterocycles. The van der Waals surface area contributed by atoms with Crippen molar-refractivity contribution in [3.63, 3.8) is 0 Å². The van der Waals surface area contributed by atoms with Crippen molar-refractivity contribution >= 4 is 5.97 Å². The Morgan fingerprint density at radius 2 is 1.68 bits per heavy atom. The Bertz CT molecular complexity index is 789. The van der Waals surface area contributed by atoms with Gasteiger partial charge in [-0.05, 0) is 56.2 Å². The first-order valence-corrected chi connectivity index (χ1v) is 11.0. The molecule has 1 heterocycles. The Hall–Kier alpha value is -2.41. The second-order valence-electron chi connectivity index (χ2n) is 8.36. The molecule has 6 nitrogen and oxygen atoms in total. The summed E-state index contributed by atoms with van der Waals surface area (Å²) in [6.07, 6.45) is 0.993. The van der Waals surface area contributed by atoms with E-state index in [0.717, 1.165) is 44.8 Å². The number of likely N-dealkylation sites (tertiary alicyclic amines) is 1. The van der Waals surface area contributed by atoms with Crippen molar-refractivity contribution in [3.05, 3.63) is 65.7 Å². The number of β-amino-alcohol motifs (C(OH)–C–C–N with tert-alkyl or cyclic N) is 1. The molecule has 2 aromatic rings. The molecule has 0 amide bonds. The Balaban J connectivity index is 1.36. The lowest BCUT2D eigenvalue weighted by Gasteiger charge is -2.31. The van der Waals surface area contributed by atoms with Crippen LogP contribution in [0.2, 0.25) is 0 Å². The van der Waals surface area contributed by atoms with E-state index in [0.29, 0.717) is 6.54 Å². The van der Waals surface area contributed by atoms with Crippen LogP contribution in [0, 0.1) is 5.92 Å². The molecule has 0 aliphatic carbocycles. The maximum absolute atomic E-state index is 11.6. The van der Waals surface area contributed by atoms with E-state index >= 15 is 0 Å². The monoisotopic (exact) mass is 426 g/mol. The quantitative estimate of drug-likeness (QED) is 0.590. The van der Waals surface area contributed by atoms with E-state index in [1.165, 1.54) is 18.2 Å². The van der Waals surface area contributed by atoms with Crippen LogP contribution in [-0.2, 0) is 22.6 Å². The van der Waals surface area contributed by atoms with Crippen molar-refractivity contribution < 1.29 is 19.4 Å². The molecule has 0 saturated carbocycles. The minimum atomic E-state index is -0.564. The van der Waals surface area contributed by atoms with E-state index in [1.807, 2.05) is 18.2 Å². The number of aliphatic hydroxyl groups is 1. The normalized spacial score (nSPS) is 16.3. The summed E-state index contributed by atoms with van der Waals surface area (Å²) in [7, 11) is 3.55. The summed E-state index contributed by atoms with van der Waals surface area (Å²) in [6.45, 7) is 4.16. The number of carbonyl (C=O) groups is 1. The Kier molecular flexibility index (Phi) is 8.88. The molecule has 31 heavy (non-hydrogen) atoms. The van der Waals surface area contributed by atoms with Gasteiger partial charge in [0.25, 0.3) is 0 Å². The van der Waals surface area contributed by atoms with Crippen molar-refractivity contribution in [1.29, 1.82) is 0 Å². The third-order valence-corrected chi connectivity index (χ3v) is 5.70. The van der Waals surface area contributed by atoms with Gasteiger partial charge in [0.2, 0.25) is 0 Å². The van der Waals surface area contributed by atoms with Gasteiger partial charge in [0, 0.05) is 19.6 Å². The van der Waals surface area contributed by atoms with Crippen LogP contribution in [0.5, 0.6) is 5.75 Å². The van der Waals surface area contributed by atoms with E-state index in [4.69, 9.17) is 9.47 Å². The van der Waals surface area contributed by atoms with E-state index in [9.17, 15) is 9.90 Å². The molecule has 168 valence electrons. The van der Waals surface area contributed by atoms with Crippen LogP contribution in [0.25, 0.3) is 0 Å². The number of benzene rings is 2. The summed E-state index contributed by atoms with van der Waals surface area (Å²) in [5.41, 5.74) is 2.52. The fourth-order valence-electron chi connectivity index (χ4n) is 4.01. The van der Waals surface area contributed by atoms with Gasteiger partial charge in [0.15, 0.2) is 0 Å². The number of hydrogen-bond acceptors (Lipinski definition) is 6. The van der Waals surface area contributed by atoms with Crippen molar-refractivity contribution in [3.8, 4) is 5.75 Å². The molecule has 1 atom stereocenters. The lowest BCUT2D eigenvalue weighted by Crippen LogP contribution is -2.42. The first-order chi connectivity index (χ1) is 15.0. The summed E-state index contributed by atoms with van der Waals surface area (Å²) in [5.74, 6) is 0.621. The van der Waals surface area contributed by atoms with Gasteiger partial charge in [0.1, 0.15) is 18.5 Å². The predicted molar refractivity (Wildman–Crippen MR) is 121 cm³/mol. The minimum Gasteiger partial charge on any atom is -0.491 e. The molecular weight excluding hydrogens is 392 g/mol. The number of hydrogen-bond donors (Lipinski definition) is 1. The summed E-state index contributed by atoms with van der Waals surface area (Å²) in [5, 5.41) is 10.3. The number of nitrogens with zero attached hydrogens (tertiary/aromatic N) is 2. The predicted octanol–water partition coefficient (Wildman–Crippen LogP) is 2.94. The maximum atomic E-state index is 11.6. The van der Waals surface area contributed by atoms with Crippen molar-refractivity contribution in [2.75, 3.05) is 40.4 Å². The molecule has 0 spiro atoms. The number of rotatable bonds is 10. The fourth-order valence-corrected chi connectivity index (χ4v) is 4.01. The van der Waals surface area contributed by atoms with Gasteiger partial charge < -0.3 is 19.5 Å². The van der Waals surface area contributed by atoms with E-state index in [2.05, 4.69) is 53.2 Å². The zero-order valence-corrected chi connectivity index (χ0v) is 18.6. The van der Waals surface area contributed by atoms with Crippen molar-refractivity contribution in [2.45, 2.75) is 32.0 Å². The largest absolute Gasteiger partial charge is 0.491 e. The van der Waals surface area contributed by atoms with E-state index in [1.54, 1.807) is 0 Å².